The molecule has 2 aromatic rings. The fourth-order valence-corrected chi connectivity index (χ4v) is 1.18. The molecule has 0 amide bonds. The number of aryl methyl sites for hydroxylation is 1. The van der Waals surface area contributed by atoms with Gasteiger partial charge in [-0.1, -0.05) is 6.58 Å². The van der Waals surface area contributed by atoms with Crippen LogP contribution < -0.4 is 4.90 Å². The van der Waals surface area contributed by atoms with Gasteiger partial charge in [0, 0.05) is 5.56 Å². The van der Waals surface area contributed by atoms with Gasteiger partial charge in [-0.2, -0.15) is 0 Å². The number of pyridine rings is 1. The van der Waals surface area contributed by atoms with Gasteiger partial charge < -0.3 is 5.21 Å². The van der Waals surface area contributed by atoms with Crippen LogP contribution in [0.1, 0.15) is 11.3 Å². The van der Waals surface area contributed by atoms with E-state index in [9.17, 15) is 5.21 Å². The van der Waals surface area contributed by atoms with Crippen molar-refractivity contribution < 1.29 is 9.53 Å². The van der Waals surface area contributed by atoms with Crippen LogP contribution in [0.2, 0.25) is 0 Å². The Balaban J connectivity index is 2.86. The number of aromatic nitrogens is 3. The molecule has 0 atom stereocenters. The third kappa shape index (κ3) is 1.05. The van der Waals surface area contributed by atoms with E-state index in [1.54, 1.807) is 19.1 Å². The second-order valence-corrected chi connectivity index (χ2v) is 2.67. The molecule has 0 aromatic carbocycles. The van der Waals surface area contributed by atoms with Crippen LogP contribution in [0.3, 0.4) is 0 Å². The minimum atomic E-state index is 0.310. The molecule has 0 radical (unpaired) electrons. The van der Waals surface area contributed by atoms with Gasteiger partial charge in [0.2, 0.25) is 5.52 Å². The van der Waals surface area contributed by atoms with Crippen LogP contribution in [0.5, 0.6) is 0 Å². The molecule has 0 aliphatic heterocycles. The Morgan fingerprint density at radius 3 is 3.15 bits per heavy atom. The van der Waals surface area contributed by atoms with Crippen molar-refractivity contribution in [2.75, 3.05) is 0 Å². The number of fused-ring (bicyclic) bond motifs is 1. The first-order valence-electron chi connectivity index (χ1n) is 3.72. The molecule has 0 spiro atoms. The predicted molar refractivity (Wildman–Crippen MR) is 45.6 cm³/mol. The standard InChI is InChI=1S/C8H7N3O2/c1-3-6-4-5(2)7-8(9-6)10-13-11(7)12/h3-4H,1H2,2H3. The maximum atomic E-state index is 11.0. The Kier molecular flexibility index (Phi) is 1.51. The molecule has 0 bridgehead atoms. The highest BCUT2D eigenvalue weighted by atomic mass is 16.8. The first kappa shape index (κ1) is 7.72. The summed E-state index contributed by atoms with van der Waals surface area (Å²) in [4.78, 5) is 4.38. The van der Waals surface area contributed by atoms with Gasteiger partial charge in [0.05, 0.1) is 10.9 Å². The molecule has 0 fully saturated rings. The van der Waals surface area contributed by atoms with E-state index in [4.69, 9.17) is 0 Å². The summed E-state index contributed by atoms with van der Waals surface area (Å²) in [5.74, 6) is 0. The van der Waals surface area contributed by atoms with E-state index in [-0.39, 0.29) is 0 Å². The van der Waals surface area contributed by atoms with Crippen LogP contribution >= 0.6 is 0 Å². The van der Waals surface area contributed by atoms with E-state index < -0.39 is 0 Å². The number of hydrogen-bond donors (Lipinski definition) is 0. The SMILES string of the molecule is C=Cc1cc(C)c2c(no[n+]2[O-])n1. The fraction of sp³-hybridized carbons (Fsp3) is 0.125. The van der Waals surface area contributed by atoms with Crippen LogP contribution in [0.15, 0.2) is 17.3 Å². The van der Waals surface area contributed by atoms with E-state index in [1.807, 2.05) is 0 Å². The summed E-state index contributed by atoms with van der Waals surface area (Å²) < 4.78 is 4.41. The molecule has 5 nitrogen and oxygen atoms in total. The summed E-state index contributed by atoms with van der Waals surface area (Å²) in [6, 6.07) is 1.75. The maximum absolute atomic E-state index is 11.0. The molecule has 2 heterocycles. The lowest BCUT2D eigenvalue weighted by molar-refractivity contribution is -0.782. The normalized spacial score (nSPS) is 10.5. The van der Waals surface area contributed by atoms with Gasteiger partial charge in [0.15, 0.2) is 0 Å². The smallest absolute Gasteiger partial charge is 0.341 e. The highest BCUT2D eigenvalue weighted by Gasteiger charge is 2.14. The Bertz CT molecular complexity index is 475. The summed E-state index contributed by atoms with van der Waals surface area (Å²) in [6.07, 6.45) is 1.59. The molecule has 2 rings (SSSR count). The molecule has 2 aromatic heterocycles. The Hall–Kier alpha value is -1.91. The van der Waals surface area contributed by atoms with E-state index >= 15 is 0 Å². The van der Waals surface area contributed by atoms with E-state index in [0.29, 0.717) is 21.8 Å². The van der Waals surface area contributed by atoms with Gasteiger partial charge >= 0.3 is 5.65 Å². The lowest BCUT2D eigenvalue weighted by atomic mass is 10.2. The second-order valence-electron chi connectivity index (χ2n) is 2.67. The summed E-state index contributed by atoms with van der Waals surface area (Å²) in [7, 11) is 0. The van der Waals surface area contributed by atoms with Crippen molar-refractivity contribution in [1.29, 1.82) is 0 Å². The second kappa shape index (κ2) is 2.55. The van der Waals surface area contributed by atoms with Crippen molar-refractivity contribution in [2.24, 2.45) is 0 Å². The fourth-order valence-electron chi connectivity index (χ4n) is 1.18. The van der Waals surface area contributed by atoms with Crippen molar-refractivity contribution in [3.05, 3.63) is 29.1 Å². The van der Waals surface area contributed by atoms with Crippen LogP contribution in [0.25, 0.3) is 17.2 Å². The first-order valence-corrected chi connectivity index (χ1v) is 3.72. The largest absolute Gasteiger partial charge is 0.359 e. The zero-order valence-electron chi connectivity index (χ0n) is 7.02. The first-order chi connectivity index (χ1) is 6.22. The summed E-state index contributed by atoms with van der Waals surface area (Å²) in [5.41, 5.74) is 2.13. The van der Waals surface area contributed by atoms with E-state index in [1.165, 1.54) is 0 Å². The molecule has 0 saturated carbocycles. The number of hydrogen-bond acceptors (Lipinski definition) is 4. The number of nitrogens with zero attached hydrogens (tertiary/aromatic N) is 3. The molecule has 5 heteroatoms. The average Bonchev–Trinajstić information content (AvgIpc) is 2.48. The van der Waals surface area contributed by atoms with Crippen LogP contribution in [0, 0.1) is 12.1 Å². The van der Waals surface area contributed by atoms with Gasteiger partial charge in [0.1, 0.15) is 0 Å². The van der Waals surface area contributed by atoms with Crippen molar-refractivity contribution in [3.63, 3.8) is 0 Å². The molecular formula is C8H7N3O2. The molecule has 13 heavy (non-hydrogen) atoms. The van der Waals surface area contributed by atoms with Crippen LogP contribution in [-0.4, -0.2) is 10.1 Å². The zero-order valence-corrected chi connectivity index (χ0v) is 7.02. The van der Waals surface area contributed by atoms with Gasteiger partial charge in [-0.3, -0.25) is 4.63 Å². The Morgan fingerprint density at radius 2 is 2.46 bits per heavy atom. The summed E-state index contributed by atoms with van der Waals surface area (Å²) >= 11 is 0. The minimum absolute atomic E-state index is 0.310. The van der Waals surface area contributed by atoms with Crippen molar-refractivity contribution >= 4 is 17.2 Å². The number of rotatable bonds is 1. The van der Waals surface area contributed by atoms with Crippen molar-refractivity contribution in [1.82, 2.24) is 10.1 Å². The maximum Gasteiger partial charge on any atom is 0.341 e. The lowest BCUT2D eigenvalue weighted by Crippen LogP contribution is -2.23. The molecule has 66 valence electrons. The quantitative estimate of drug-likeness (QED) is 0.604. The van der Waals surface area contributed by atoms with Crippen molar-refractivity contribution in [2.45, 2.75) is 6.92 Å². The van der Waals surface area contributed by atoms with Gasteiger partial charge in [-0.15, -0.1) is 0 Å². The van der Waals surface area contributed by atoms with Gasteiger partial charge in [0.25, 0.3) is 0 Å². The minimum Gasteiger partial charge on any atom is -0.359 e. The summed E-state index contributed by atoms with van der Waals surface area (Å²) in [5, 5.41) is 14.5. The van der Waals surface area contributed by atoms with E-state index in [0.717, 1.165) is 5.56 Å². The third-order valence-electron chi connectivity index (χ3n) is 1.78. The Morgan fingerprint density at radius 1 is 1.69 bits per heavy atom. The molecule has 0 aliphatic carbocycles. The molecule has 0 aliphatic rings. The summed E-state index contributed by atoms with van der Waals surface area (Å²) in [6.45, 7) is 5.37. The zero-order chi connectivity index (χ0) is 9.42. The monoisotopic (exact) mass is 177 g/mol. The highest BCUT2D eigenvalue weighted by molar-refractivity contribution is 5.71. The van der Waals surface area contributed by atoms with Gasteiger partial charge in [-0.05, 0) is 24.0 Å². The lowest BCUT2D eigenvalue weighted by Gasteiger charge is -1.93. The van der Waals surface area contributed by atoms with Crippen molar-refractivity contribution in [3.8, 4) is 0 Å². The molecular weight excluding hydrogens is 170 g/mol. The third-order valence-corrected chi connectivity index (χ3v) is 1.78. The van der Waals surface area contributed by atoms with Crippen LogP contribution in [0.4, 0.5) is 0 Å². The molecule has 0 saturated heterocycles. The Labute approximate surface area is 73.8 Å². The predicted octanol–water partition coefficient (Wildman–Crippen LogP) is 0.808. The van der Waals surface area contributed by atoms with Gasteiger partial charge in [-0.25, -0.2) is 4.98 Å². The van der Waals surface area contributed by atoms with Crippen LogP contribution in [-0.2, 0) is 0 Å². The topological polar surface area (TPSA) is 65.9 Å². The average molecular weight is 177 g/mol. The van der Waals surface area contributed by atoms with E-state index in [2.05, 4.69) is 21.3 Å². The molecule has 0 N–H and O–H groups in total. The highest BCUT2D eigenvalue weighted by Crippen LogP contribution is 2.12. The molecule has 0 unspecified atom stereocenters.